The Kier molecular flexibility index (Phi) is 2.04. The van der Waals surface area contributed by atoms with Gasteiger partial charge in [0.1, 0.15) is 13.9 Å². The lowest BCUT2D eigenvalue weighted by Gasteiger charge is -1.85. The lowest BCUT2D eigenvalue weighted by atomic mass is 9.99. The largest absolute Gasteiger partial charge is 0.362 e. The second kappa shape index (κ2) is 2.66. The first-order valence-corrected chi connectivity index (χ1v) is 3.78. The van der Waals surface area contributed by atoms with E-state index in [1.54, 1.807) is 0 Å². The van der Waals surface area contributed by atoms with Gasteiger partial charge in [0.15, 0.2) is 0 Å². The van der Waals surface area contributed by atoms with Crippen molar-refractivity contribution >= 4 is 36.0 Å². The van der Waals surface area contributed by atoms with Crippen molar-refractivity contribution in [2.75, 3.05) is 0 Å². The Morgan fingerprint density at radius 1 is 1.70 bits per heavy atom. The highest BCUT2D eigenvalue weighted by Crippen LogP contribution is 2.10. The average molecular weight is 242 g/mol. The summed E-state index contributed by atoms with van der Waals surface area (Å²) in [5, 5.41) is 8.58. The zero-order valence-electron chi connectivity index (χ0n) is 5.40. The van der Waals surface area contributed by atoms with Crippen LogP contribution < -0.4 is 5.59 Å². The third-order valence-electron chi connectivity index (χ3n) is 1.35. The van der Waals surface area contributed by atoms with Crippen molar-refractivity contribution in [3.63, 3.8) is 0 Å². The van der Waals surface area contributed by atoms with Gasteiger partial charge in [-0.25, -0.2) is 0 Å². The fraction of sp³-hybridized carbons (Fsp3) is 0.167. The van der Waals surface area contributed by atoms with Crippen molar-refractivity contribution in [3.8, 4) is 6.07 Å². The number of hydrogen-bond donors (Lipinski definition) is 1. The number of aromatic amines is 1. The molecule has 1 N–H and O–H groups in total. The van der Waals surface area contributed by atoms with E-state index in [1.165, 1.54) is 0 Å². The highest BCUT2D eigenvalue weighted by molar-refractivity contribution is 14.1. The molecule has 0 atom stereocenters. The van der Waals surface area contributed by atoms with E-state index in [2.05, 4.69) is 11.1 Å². The normalized spacial score (nSPS) is 9.30. The Morgan fingerprint density at radius 2 is 2.30 bits per heavy atom. The van der Waals surface area contributed by atoms with Crippen LogP contribution in [0.1, 0.15) is 11.1 Å². The van der Waals surface area contributed by atoms with E-state index < -0.39 is 0 Å². The Morgan fingerprint density at radius 3 is 2.50 bits per heavy atom. The van der Waals surface area contributed by atoms with Crippen LogP contribution in [0.4, 0.5) is 0 Å². The molecule has 0 amide bonds. The number of nitrogens with zero attached hydrogens (tertiary/aromatic N) is 1. The first-order chi connectivity index (χ1) is 4.66. The number of rotatable bonds is 0. The first-order valence-electron chi connectivity index (χ1n) is 2.70. The van der Waals surface area contributed by atoms with Crippen LogP contribution in [0.25, 0.3) is 0 Å². The quantitative estimate of drug-likeness (QED) is 0.524. The SMILES string of the molecule is [B]c1[nH]c(I)c(C#N)c1C. The Bertz CT molecular complexity index is 297. The summed E-state index contributed by atoms with van der Waals surface area (Å²) in [6, 6.07) is 2.07. The van der Waals surface area contributed by atoms with Crippen molar-refractivity contribution in [1.82, 2.24) is 4.98 Å². The standard InChI is InChI=1S/C6H4BIN2/c1-3-4(2-9)6(8)10-5(3)7/h10H,1H3. The highest BCUT2D eigenvalue weighted by Gasteiger charge is 2.06. The Labute approximate surface area is 74.2 Å². The van der Waals surface area contributed by atoms with Crippen LogP contribution in [-0.4, -0.2) is 12.8 Å². The van der Waals surface area contributed by atoms with Crippen LogP contribution in [0.3, 0.4) is 0 Å². The van der Waals surface area contributed by atoms with Crippen LogP contribution >= 0.6 is 22.6 Å². The minimum Gasteiger partial charge on any atom is -0.362 e. The zero-order chi connectivity index (χ0) is 7.72. The predicted molar refractivity (Wildman–Crippen MR) is 48.3 cm³/mol. The molecule has 0 aliphatic carbocycles. The maximum absolute atomic E-state index is 8.58. The zero-order valence-corrected chi connectivity index (χ0v) is 7.56. The maximum Gasteiger partial charge on any atom is 0.138 e. The molecule has 0 unspecified atom stereocenters. The van der Waals surface area contributed by atoms with E-state index in [1.807, 2.05) is 29.5 Å². The summed E-state index contributed by atoms with van der Waals surface area (Å²) < 4.78 is 0.815. The van der Waals surface area contributed by atoms with Gasteiger partial charge in [-0.1, -0.05) is 0 Å². The Hall–Kier alpha value is -0.435. The van der Waals surface area contributed by atoms with Crippen LogP contribution in [0.2, 0.25) is 0 Å². The summed E-state index contributed by atoms with van der Waals surface area (Å²) in [6.45, 7) is 1.83. The molecule has 0 saturated heterocycles. The number of H-pyrrole nitrogens is 1. The minimum atomic E-state index is 0.584. The van der Waals surface area contributed by atoms with Gasteiger partial charge in [-0.3, -0.25) is 0 Å². The van der Waals surface area contributed by atoms with E-state index in [4.69, 9.17) is 13.1 Å². The molecule has 0 saturated carbocycles. The van der Waals surface area contributed by atoms with Crippen LogP contribution in [0, 0.1) is 22.0 Å². The molecule has 0 aliphatic heterocycles. The van der Waals surface area contributed by atoms with Gasteiger partial charge in [-0.05, 0) is 40.7 Å². The van der Waals surface area contributed by atoms with E-state index in [0.29, 0.717) is 11.2 Å². The molecule has 0 bridgehead atoms. The molecule has 1 aromatic heterocycles. The summed E-state index contributed by atoms with van der Waals surface area (Å²) in [5.74, 6) is 0. The lowest BCUT2D eigenvalue weighted by Crippen LogP contribution is -2.05. The summed E-state index contributed by atoms with van der Waals surface area (Å²) in [5.41, 5.74) is 2.07. The monoisotopic (exact) mass is 242 g/mol. The smallest absolute Gasteiger partial charge is 0.138 e. The molecule has 2 nitrogen and oxygen atoms in total. The van der Waals surface area contributed by atoms with Gasteiger partial charge in [-0.15, -0.1) is 0 Å². The van der Waals surface area contributed by atoms with Crippen molar-refractivity contribution in [3.05, 3.63) is 14.8 Å². The number of nitriles is 1. The van der Waals surface area contributed by atoms with Gasteiger partial charge < -0.3 is 4.98 Å². The lowest BCUT2D eigenvalue weighted by molar-refractivity contribution is 1.37. The van der Waals surface area contributed by atoms with E-state index >= 15 is 0 Å². The van der Waals surface area contributed by atoms with Crippen LogP contribution in [0.15, 0.2) is 0 Å². The number of hydrogen-bond acceptors (Lipinski definition) is 1. The number of nitrogens with one attached hydrogen (secondary N) is 1. The third kappa shape index (κ3) is 1.06. The van der Waals surface area contributed by atoms with Gasteiger partial charge in [0.05, 0.1) is 9.26 Å². The van der Waals surface area contributed by atoms with Gasteiger partial charge >= 0.3 is 0 Å². The third-order valence-corrected chi connectivity index (χ3v) is 2.16. The molecular weight excluding hydrogens is 238 g/mol. The van der Waals surface area contributed by atoms with Crippen molar-refractivity contribution in [2.45, 2.75) is 6.92 Å². The van der Waals surface area contributed by atoms with E-state index in [0.717, 1.165) is 9.26 Å². The number of aromatic nitrogens is 1. The molecule has 1 heterocycles. The summed E-state index contributed by atoms with van der Waals surface area (Å²) in [4.78, 5) is 2.87. The molecule has 0 aliphatic rings. The van der Waals surface area contributed by atoms with E-state index in [9.17, 15) is 0 Å². The first kappa shape index (κ1) is 7.67. The van der Waals surface area contributed by atoms with Crippen molar-refractivity contribution in [1.29, 1.82) is 5.26 Å². The topological polar surface area (TPSA) is 39.6 Å². The number of halogens is 1. The molecular formula is C6H4BIN2. The molecule has 0 fully saturated rings. The minimum absolute atomic E-state index is 0.584. The summed E-state index contributed by atoms with van der Waals surface area (Å²) >= 11 is 2.05. The Balaban J connectivity index is 3.37. The van der Waals surface area contributed by atoms with Gasteiger partial charge in [-0.2, -0.15) is 5.26 Å². The second-order valence-electron chi connectivity index (χ2n) is 1.96. The molecule has 48 valence electrons. The van der Waals surface area contributed by atoms with Gasteiger partial charge in [0.25, 0.3) is 0 Å². The molecule has 4 heteroatoms. The highest BCUT2D eigenvalue weighted by atomic mass is 127. The van der Waals surface area contributed by atoms with Crippen molar-refractivity contribution in [2.24, 2.45) is 0 Å². The molecule has 10 heavy (non-hydrogen) atoms. The summed E-state index contributed by atoms with van der Waals surface area (Å²) in [6.07, 6.45) is 0. The fourth-order valence-corrected chi connectivity index (χ4v) is 1.52. The predicted octanol–water partition coefficient (Wildman–Crippen LogP) is 0.593. The molecule has 2 radical (unpaired) electrons. The van der Waals surface area contributed by atoms with Gasteiger partial charge in [0, 0.05) is 0 Å². The van der Waals surface area contributed by atoms with Crippen LogP contribution in [0.5, 0.6) is 0 Å². The molecule has 1 aromatic rings. The second-order valence-corrected chi connectivity index (χ2v) is 3.04. The maximum atomic E-state index is 8.58. The molecule has 0 aromatic carbocycles. The van der Waals surface area contributed by atoms with Crippen molar-refractivity contribution < 1.29 is 0 Å². The molecule has 0 spiro atoms. The average Bonchev–Trinajstić information content (AvgIpc) is 2.09. The summed E-state index contributed by atoms with van der Waals surface area (Å²) in [7, 11) is 5.51. The van der Waals surface area contributed by atoms with Gasteiger partial charge in [0.2, 0.25) is 0 Å². The molecule has 1 rings (SSSR count). The van der Waals surface area contributed by atoms with Crippen LogP contribution in [-0.2, 0) is 0 Å². The fourth-order valence-electron chi connectivity index (χ4n) is 0.707. The van der Waals surface area contributed by atoms with E-state index in [-0.39, 0.29) is 0 Å².